The second-order valence-corrected chi connectivity index (χ2v) is 6.69. The van der Waals surface area contributed by atoms with E-state index in [2.05, 4.69) is 4.90 Å². The van der Waals surface area contributed by atoms with E-state index in [4.69, 9.17) is 4.74 Å². The van der Waals surface area contributed by atoms with E-state index in [9.17, 15) is 9.59 Å². The van der Waals surface area contributed by atoms with E-state index < -0.39 is 0 Å². The summed E-state index contributed by atoms with van der Waals surface area (Å²) in [6, 6.07) is 7.67. The van der Waals surface area contributed by atoms with Crippen LogP contribution in [0.25, 0.3) is 0 Å². The van der Waals surface area contributed by atoms with Crippen molar-refractivity contribution in [1.29, 1.82) is 0 Å². The molecule has 2 amide bonds. The summed E-state index contributed by atoms with van der Waals surface area (Å²) in [5.74, 6) is 0.257. The molecule has 6 nitrogen and oxygen atoms in total. The van der Waals surface area contributed by atoms with Gasteiger partial charge in [-0.25, -0.2) is 0 Å². The summed E-state index contributed by atoms with van der Waals surface area (Å²) in [7, 11) is 0. The van der Waals surface area contributed by atoms with E-state index in [1.165, 1.54) is 0 Å². The summed E-state index contributed by atoms with van der Waals surface area (Å²) >= 11 is 0. The molecule has 2 saturated heterocycles. The third kappa shape index (κ3) is 4.58. The lowest BCUT2D eigenvalue weighted by Crippen LogP contribution is -2.51. The number of hydrogen-bond acceptors (Lipinski definition) is 4. The van der Waals surface area contributed by atoms with Gasteiger partial charge in [0.25, 0.3) is 5.91 Å². The van der Waals surface area contributed by atoms with Crippen LogP contribution in [0.3, 0.4) is 0 Å². The minimum Gasteiger partial charge on any atom is -0.379 e. The maximum Gasteiger partial charge on any atom is 0.254 e. The first-order chi connectivity index (χ1) is 12.1. The van der Waals surface area contributed by atoms with Crippen molar-refractivity contribution < 1.29 is 14.3 Å². The normalized spacial score (nSPS) is 19.1. The number of benzene rings is 1. The predicted molar refractivity (Wildman–Crippen MR) is 95.5 cm³/mol. The van der Waals surface area contributed by atoms with Gasteiger partial charge in [-0.15, -0.1) is 0 Å². The second-order valence-electron chi connectivity index (χ2n) is 6.69. The Labute approximate surface area is 149 Å². The summed E-state index contributed by atoms with van der Waals surface area (Å²) in [6.45, 7) is 8.55. The van der Waals surface area contributed by atoms with Crippen LogP contribution >= 0.6 is 0 Å². The number of piperazine rings is 1. The predicted octanol–water partition coefficient (Wildman–Crippen LogP) is 1.00. The lowest BCUT2D eigenvalue weighted by molar-refractivity contribution is -0.133. The molecule has 6 heteroatoms. The van der Waals surface area contributed by atoms with Gasteiger partial charge in [-0.1, -0.05) is 18.2 Å². The number of aryl methyl sites for hydroxylation is 1. The van der Waals surface area contributed by atoms with Gasteiger partial charge in [0, 0.05) is 57.8 Å². The lowest BCUT2D eigenvalue weighted by atomic mass is 10.1. The van der Waals surface area contributed by atoms with Gasteiger partial charge >= 0.3 is 0 Å². The highest BCUT2D eigenvalue weighted by atomic mass is 16.5. The zero-order valence-electron chi connectivity index (χ0n) is 14.9. The van der Waals surface area contributed by atoms with Crippen LogP contribution in [0, 0.1) is 6.92 Å². The topological polar surface area (TPSA) is 53.1 Å². The van der Waals surface area contributed by atoms with E-state index in [-0.39, 0.29) is 11.8 Å². The maximum absolute atomic E-state index is 12.6. The standard InChI is InChI=1S/C19H27N3O3/c1-16-4-2-3-5-17(16)19(24)22-10-8-21(9-11-22)18(23)6-7-20-12-14-25-15-13-20/h2-5H,6-15H2,1H3. The molecule has 0 N–H and O–H groups in total. The van der Waals surface area contributed by atoms with Gasteiger partial charge < -0.3 is 14.5 Å². The van der Waals surface area contributed by atoms with Crippen LogP contribution < -0.4 is 0 Å². The van der Waals surface area contributed by atoms with Crippen LogP contribution in [0.15, 0.2) is 24.3 Å². The Kier molecular flexibility index (Phi) is 6.04. The SMILES string of the molecule is Cc1ccccc1C(=O)N1CCN(C(=O)CCN2CCOCC2)CC1. The van der Waals surface area contributed by atoms with Crippen LogP contribution in [-0.4, -0.2) is 85.5 Å². The molecule has 0 radical (unpaired) electrons. The molecule has 0 aliphatic carbocycles. The Balaban J connectivity index is 1.45. The summed E-state index contributed by atoms with van der Waals surface area (Å²) in [5, 5.41) is 0. The first-order valence-electron chi connectivity index (χ1n) is 9.08. The number of hydrogen-bond donors (Lipinski definition) is 0. The summed E-state index contributed by atoms with van der Waals surface area (Å²) in [4.78, 5) is 31.1. The molecule has 2 aliphatic rings. The highest BCUT2D eigenvalue weighted by Crippen LogP contribution is 2.13. The summed E-state index contributed by atoms with van der Waals surface area (Å²) in [5.41, 5.74) is 1.76. The van der Waals surface area contributed by atoms with Crippen LogP contribution in [0.5, 0.6) is 0 Å². The van der Waals surface area contributed by atoms with Gasteiger partial charge in [0.2, 0.25) is 5.91 Å². The van der Waals surface area contributed by atoms with Gasteiger partial charge in [0.05, 0.1) is 13.2 Å². The first-order valence-corrected chi connectivity index (χ1v) is 9.08. The van der Waals surface area contributed by atoms with Crippen molar-refractivity contribution in [2.24, 2.45) is 0 Å². The molecule has 2 aliphatic heterocycles. The fourth-order valence-electron chi connectivity index (χ4n) is 3.38. The minimum atomic E-state index is 0.0681. The van der Waals surface area contributed by atoms with E-state index in [0.717, 1.165) is 44.0 Å². The Morgan fingerprint density at radius 2 is 1.60 bits per heavy atom. The van der Waals surface area contributed by atoms with Crippen LogP contribution in [0.1, 0.15) is 22.3 Å². The Morgan fingerprint density at radius 1 is 0.960 bits per heavy atom. The van der Waals surface area contributed by atoms with Crippen molar-refractivity contribution in [2.75, 3.05) is 59.0 Å². The third-order valence-electron chi connectivity index (χ3n) is 5.04. The zero-order chi connectivity index (χ0) is 17.6. The fraction of sp³-hybridized carbons (Fsp3) is 0.579. The van der Waals surface area contributed by atoms with Crippen LogP contribution in [-0.2, 0) is 9.53 Å². The van der Waals surface area contributed by atoms with Crippen molar-refractivity contribution in [2.45, 2.75) is 13.3 Å². The van der Waals surface area contributed by atoms with Crippen LogP contribution in [0.2, 0.25) is 0 Å². The zero-order valence-corrected chi connectivity index (χ0v) is 14.9. The van der Waals surface area contributed by atoms with Crippen molar-refractivity contribution >= 4 is 11.8 Å². The van der Waals surface area contributed by atoms with Crippen molar-refractivity contribution in [3.05, 3.63) is 35.4 Å². The molecule has 0 spiro atoms. The molecular weight excluding hydrogens is 318 g/mol. The molecule has 0 unspecified atom stereocenters. The number of morpholine rings is 1. The molecule has 1 aromatic carbocycles. The van der Waals surface area contributed by atoms with E-state index in [1.54, 1.807) is 0 Å². The van der Waals surface area contributed by atoms with Gasteiger partial charge in [-0.3, -0.25) is 14.5 Å². The smallest absolute Gasteiger partial charge is 0.254 e. The molecule has 0 aromatic heterocycles. The van der Waals surface area contributed by atoms with Gasteiger partial charge in [-0.2, -0.15) is 0 Å². The van der Waals surface area contributed by atoms with Gasteiger partial charge in [-0.05, 0) is 18.6 Å². The van der Waals surface area contributed by atoms with E-state index in [0.29, 0.717) is 32.6 Å². The largest absolute Gasteiger partial charge is 0.379 e. The van der Waals surface area contributed by atoms with E-state index in [1.807, 2.05) is 41.0 Å². The van der Waals surface area contributed by atoms with Gasteiger partial charge in [0.1, 0.15) is 0 Å². The molecule has 0 saturated carbocycles. The molecule has 136 valence electrons. The fourth-order valence-corrected chi connectivity index (χ4v) is 3.38. The average molecular weight is 345 g/mol. The quantitative estimate of drug-likeness (QED) is 0.817. The van der Waals surface area contributed by atoms with Crippen molar-refractivity contribution in [1.82, 2.24) is 14.7 Å². The molecule has 1 aromatic rings. The van der Waals surface area contributed by atoms with Crippen molar-refractivity contribution in [3.63, 3.8) is 0 Å². The second kappa shape index (κ2) is 8.45. The molecule has 25 heavy (non-hydrogen) atoms. The molecule has 0 bridgehead atoms. The Bertz CT molecular complexity index is 606. The Morgan fingerprint density at radius 3 is 2.28 bits per heavy atom. The maximum atomic E-state index is 12.6. The molecular formula is C19H27N3O3. The highest BCUT2D eigenvalue weighted by Gasteiger charge is 2.25. The molecule has 2 fully saturated rings. The summed E-state index contributed by atoms with van der Waals surface area (Å²) < 4.78 is 5.33. The van der Waals surface area contributed by atoms with Crippen LogP contribution in [0.4, 0.5) is 0 Å². The number of rotatable bonds is 4. The molecule has 2 heterocycles. The number of nitrogens with zero attached hydrogens (tertiary/aromatic N) is 3. The monoisotopic (exact) mass is 345 g/mol. The Hall–Kier alpha value is -1.92. The third-order valence-corrected chi connectivity index (χ3v) is 5.04. The first kappa shape index (κ1) is 17.9. The highest BCUT2D eigenvalue weighted by molar-refractivity contribution is 5.95. The lowest BCUT2D eigenvalue weighted by Gasteiger charge is -2.35. The van der Waals surface area contributed by atoms with Crippen molar-refractivity contribution in [3.8, 4) is 0 Å². The summed E-state index contributed by atoms with van der Waals surface area (Å²) in [6.07, 6.45) is 0.547. The average Bonchev–Trinajstić information content (AvgIpc) is 2.67. The number of amides is 2. The minimum absolute atomic E-state index is 0.0681. The van der Waals surface area contributed by atoms with E-state index >= 15 is 0 Å². The number of carbonyl (C=O) groups excluding carboxylic acids is 2. The van der Waals surface area contributed by atoms with Gasteiger partial charge in [0.15, 0.2) is 0 Å². The number of carbonyl (C=O) groups is 2. The molecule has 3 rings (SSSR count). The number of ether oxygens (including phenoxy) is 1. The molecule has 0 atom stereocenters.